The predicted molar refractivity (Wildman–Crippen MR) is 246 cm³/mol. The molecule has 3 saturated heterocycles. The summed E-state index contributed by atoms with van der Waals surface area (Å²) >= 11 is 0. The normalized spacial score (nSPS) is 18.3. The molecule has 15 heteroatoms. The molecule has 0 radical (unpaired) electrons. The van der Waals surface area contributed by atoms with E-state index >= 15 is 4.39 Å². The van der Waals surface area contributed by atoms with Crippen LogP contribution in [0.25, 0.3) is 16.6 Å². The van der Waals surface area contributed by atoms with Crippen LogP contribution in [0, 0.1) is 13.8 Å². The van der Waals surface area contributed by atoms with Gasteiger partial charge in [-0.3, -0.25) is 14.4 Å². The summed E-state index contributed by atoms with van der Waals surface area (Å²) < 4.78 is 24.9. The highest BCUT2D eigenvalue weighted by Crippen LogP contribution is 2.35. The van der Waals surface area contributed by atoms with Crippen molar-refractivity contribution in [2.24, 2.45) is 17.2 Å². The Kier molecular flexibility index (Phi) is 15.4. The number of amides is 3. The number of nitrogens with zero attached hydrogens (tertiary/aromatic N) is 4. The van der Waals surface area contributed by atoms with Crippen molar-refractivity contribution in [3.05, 3.63) is 112 Å². The van der Waals surface area contributed by atoms with Crippen LogP contribution < -0.4 is 27.8 Å². The van der Waals surface area contributed by atoms with E-state index in [-0.39, 0.29) is 48.5 Å². The minimum Gasteiger partial charge on any atom is -0.507 e. The molecule has 1 unspecified atom stereocenters. The number of carbonyl (C=O) groups excluding carboxylic acids is 3. The Hall–Kier alpha value is -6.06. The molecule has 0 bridgehead atoms. The molecule has 0 aliphatic carbocycles. The highest BCUT2D eigenvalue weighted by Gasteiger charge is 2.39. The third-order valence-electron chi connectivity index (χ3n) is 12.5. The van der Waals surface area contributed by atoms with Crippen molar-refractivity contribution in [1.29, 1.82) is 0 Å². The van der Waals surface area contributed by atoms with E-state index in [2.05, 4.69) is 32.4 Å². The molecule has 63 heavy (non-hydrogen) atoms. The fourth-order valence-corrected chi connectivity index (χ4v) is 9.03. The summed E-state index contributed by atoms with van der Waals surface area (Å²) in [5.74, 6) is -0.106. The number of fused-ring (bicyclic) bond motifs is 1. The van der Waals surface area contributed by atoms with Crippen LogP contribution in [0.1, 0.15) is 90.7 Å². The van der Waals surface area contributed by atoms with Crippen LogP contribution in [-0.4, -0.2) is 107 Å². The summed E-state index contributed by atoms with van der Waals surface area (Å²) in [6.07, 6.45) is 6.63. The summed E-state index contributed by atoms with van der Waals surface area (Å²) in [5, 5.41) is 16.8. The minimum atomic E-state index is -1.36. The number of para-hydroxylation sites is 1. The average Bonchev–Trinajstić information content (AvgIpc) is 3.72. The van der Waals surface area contributed by atoms with Crippen LogP contribution in [-0.2, 0) is 14.3 Å². The quantitative estimate of drug-likeness (QED) is 0.0543. The summed E-state index contributed by atoms with van der Waals surface area (Å²) in [6.45, 7) is 12.3. The predicted octanol–water partition coefficient (Wildman–Crippen LogP) is 5.81. The third kappa shape index (κ3) is 10.9. The molecule has 3 aliphatic rings. The molecule has 9 N–H and O–H groups in total. The standard InChI is InChI=1S/C46H58FN9O5.C2H6/c1-30-25-32(7-8-34(30)42-27-55(23-24-61-42)40(44(49)50)26-37(48)36-5-3-4-6-41(36)58)45(60)54-21-15-46(47,16-22-54)28-53-18-12-33(13-19-53)56-20-14-35-31(2)38(9-10-39(35)56)52-43(59)11-17-51-29-57;1-2/h3-10,14,20,25-26,29,33,42,58H,11-13,15-19,21-24,27-28,48-50H2,1-2H3,(H,51,57)(H,52,59);1-2H3/b37-26-;. The smallest absolute Gasteiger partial charge is 0.253 e. The molecule has 0 spiro atoms. The van der Waals surface area contributed by atoms with Crippen molar-refractivity contribution >= 4 is 40.5 Å². The van der Waals surface area contributed by atoms with E-state index in [0.29, 0.717) is 81.1 Å². The number of nitrogens with one attached hydrogen (secondary N) is 2. The van der Waals surface area contributed by atoms with Gasteiger partial charge in [0.25, 0.3) is 5.91 Å². The second-order valence-corrected chi connectivity index (χ2v) is 16.5. The van der Waals surface area contributed by atoms with Gasteiger partial charge in [-0.2, -0.15) is 0 Å². The summed E-state index contributed by atoms with van der Waals surface area (Å²) in [6, 6.07) is 18.8. The summed E-state index contributed by atoms with van der Waals surface area (Å²) in [5.41, 5.74) is 23.9. The van der Waals surface area contributed by atoms with E-state index in [1.165, 1.54) is 0 Å². The number of benzene rings is 3. The number of hydrogen-bond donors (Lipinski definition) is 6. The number of aromatic nitrogens is 1. The lowest BCUT2D eigenvalue weighted by Crippen LogP contribution is -2.51. The molecular weight excluding hydrogens is 802 g/mol. The van der Waals surface area contributed by atoms with Gasteiger partial charge >= 0.3 is 0 Å². The van der Waals surface area contributed by atoms with Crippen LogP contribution >= 0.6 is 0 Å². The number of aromatic hydroxyl groups is 1. The van der Waals surface area contributed by atoms with Gasteiger partial charge in [0.2, 0.25) is 12.3 Å². The molecule has 3 fully saturated rings. The van der Waals surface area contributed by atoms with Crippen molar-refractivity contribution in [2.45, 2.75) is 77.6 Å². The molecule has 4 heterocycles. The zero-order valence-electron chi connectivity index (χ0n) is 37.0. The number of aryl methyl sites for hydroxylation is 2. The Morgan fingerprint density at radius 3 is 2.37 bits per heavy atom. The lowest BCUT2D eigenvalue weighted by atomic mass is 9.91. The maximum atomic E-state index is 16.4. The SMILES string of the molecule is CC.Cc1cc(C(=O)N2CCC(F)(CN3CCC(n4ccc5c(C)c(NC(=O)CCNC=O)ccc54)CC3)CC2)ccc1C1CN(C(/C=C(\N)c2ccccc2O)=C(N)N)CCO1. The number of phenolic OH excluding ortho intramolecular Hbond substituents is 1. The number of phenols is 1. The molecule has 14 nitrogen and oxygen atoms in total. The first-order chi connectivity index (χ1) is 30.3. The molecule has 3 amide bonds. The maximum Gasteiger partial charge on any atom is 0.253 e. The van der Waals surface area contributed by atoms with Gasteiger partial charge in [0, 0.05) is 117 Å². The number of carbonyl (C=O) groups is 3. The van der Waals surface area contributed by atoms with Crippen LogP contribution in [0.4, 0.5) is 10.1 Å². The number of alkyl halides is 1. The largest absolute Gasteiger partial charge is 0.507 e. The van der Waals surface area contributed by atoms with Crippen LogP contribution in [0.2, 0.25) is 0 Å². The Balaban J connectivity index is 0.00000326. The molecule has 7 rings (SSSR count). The molecule has 3 aromatic carbocycles. The van der Waals surface area contributed by atoms with Gasteiger partial charge < -0.3 is 56.9 Å². The lowest BCUT2D eigenvalue weighted by Gasteiger charge is -2.41. The molecule has 4 aromatic rings. The topological polar surface area (TPSA) is 197 Å². The molecule has 1 atom stereocenters. The Bertz CT molecular complexity index is 2310. The second-order valence-electron chi connectivity index (χ2n) is 16.5. The fourth-order valence-electron chi connectivity index (χ4n) is 9.03. The first kappa shape index (κ1) is 46.4. The van der Waals surface area contributed by atoms with Gasteiger partial charge in [-0.15, -0.1) is 0 Å². The van der Waals surface area contributed by atoms with Crippen LogP contribution in [0.5, 0.6) is 5.75 Å². The van der Waals surface area contributed by atoms with Gasteiger partial charge in [-0.1, -0.05) is 32.0 Å². The summed E-state index contributed by atoms with van der Waals surface area (Å²) in [4.78, 5) is 42.6. The van der Waals surface area contributed by atoms with Gasteiger partial charge in [0.15, 0.2) is 0 Å². The number of anilines is 1. The van der Waals surface area contributed by atoms with Gasteiger partial charge in [-0.25, -0.2) is 4.39 Å². The molecular formula is C48H64FN9O5. The number of piperidine rings is 2. The zero-order chi connectivity index (χ0) is 45.3. The van der Waals surface area contributed by atoms with Crippen LogP contribution in [0.3, 0.4) is 0 Å². The van der Waals surface area contributed by atoms with Crippen molar-refractivity contribution < 1.29 is 28.6 Å². The Morgan fingerprint density at radius 2 is 1.68 bits per heavy atom. The van der Waals surface area contributed by atoms with Crippen molar-refractivity contribution in [2.75, 3.05) is 64.3 Å². The molecule has 338 valence electrons. The number of likely N-dealkylation sites (tertiary alicyclic amines) is 2. The highest BCUT2D eigenvalue weighted by molar-refractivity contribution is 5.97. The second kappa shape index (κ2) is 20.9. The zero-order valence-corrected chi connectivity index (χ0v) is 37.0. The van der Waals surface area contributed by atoms with Crippen molar-refractivity contribution in [3.8, 4) is 5.75 Å². The van der Waals surface area contributed by atoms with Gasteiger partial charge in [-0.05, 0) is 91.9 Å². The van der Waals surface area contributed by atoms with E-state index in [1.54, 1.807) is 35.2 Å². The number of allylic oxidation sites excluding steroid dienone is 1. The van der Waals surface area contributed by atoms with Crippen LogP contribution in [0.15, 0.2) is 84.5 Å². The van der Waals surface area contributed by atoms with Gasteiger partial charge in [0.05, 0.1) is 12.3 Å². The fraction of sp³-hybridized carbons (Fsp3) is 0.438. The average molecular weight is 866 g/mol. The highest BCUT2D eigenvalue weighted by atomic mass is 19.1. The van der Waals surface area contributed by atoms with E-state index in [9.17, 15) is 19.5 Å². The van der Waals surface area contributed by atoms with Gasteiger partial charge in [0.1, 0.15) is 23.3 Å². The number of halogens is 1. The minimum absolute atomic E-state index is 0.0564. The maximum absolute atomic E-state index is 16.4. The lowest BCUT2D eigenvalue weighted by molar-refractivity contribution is -0.116. The summed E-state index contributed by atoms with van der Waals surface area (Å²) in [7, 11) is 0. The third-order valence-corrected chi connectivity index (χ3v) is 12.5. The molecule has 3 aliphatic heterocycles. The first-order valence-corrected chi connectivity index (χ1v) is 22.1. The van der Waals surface area contributed by atoms with Crippen molar-refractivity contribution in [1.82, 2.24) is 24.6 Å². The Labute approximate surface area is 369 Å². The van der Waals surface area contributed by atoms with E-state index in [1.807, 2.05) is 62.9 Å². The van der Waals surface area contributed by atoms with E-state index in [0.717, 1.165) is 59.2 Å². The number of morpholine rings is 1. The Morgan fingerprint density at radius 1 is 0.952 bits per heavy atom. The van der Waals surface area contributed by atoms with Crippen molar-refractivity contribution in [3.63, 3.8) is 0 Å². The first-order valence-electron chi connectivity index (χ1n) is 22.1. The number of ether oxygens (including phenoxy) is 1. The monoisotopic (exact) mass is 866 g/mol. The molecule has 0 saturated carbocycles. The van der Waals surface area contributed by atoms with E-state index < -0.39 is 5.67 Å². The number of hydrogen-bond acceptors (Lipinski definition) is 10. The molecule has 1 aromatic heterocycles. The number of nitrogens with two attached hydrogens (primary N) is 3. The number of rotatable bonds is 13. The van der Waals surface area contributed by atoms with E-state index in [4.69, 9.17) is 21.9 Å².